The van der Waals surface area contributed by atoms with Gasteiger partial charge in [0.25, 0.3) is 5.91 Å². The molecule has 15 heavy (non-hydrogen) atoms. The highest BCUT2D eigenvalue weighted by atomic mass is 79.9. The van der Waals surface area contributed by atoms with E-state index in [2.05, 4.69) is 37.2 Å². The lowest BCUT2D eigenvalue weighted by molar-refractivity contribution is 0.0954. The van der Waals surface area contributed by atoms with Crippen molar-refractivity contribution in [3.8, 4) is 0 Å². The van der Waals surface area contributed by atoms with Gasteiger partial charge in [0.15, 0.2) is 0 Å². The molecule has 4 heteroatoms. The van der Waals surface area contributed by atoms with Crippen LogP contribution in [0.25, 0.3) is 0 Å². The summed E-state index contributed by atoms with van der Waals surface area (Å²) in [5.74, 6) is -0.0398. The summed E-state index contributed by atoms with van der Waals surface area (Å²) < 4.78 is 0.960. The van der Waals surface area contributed by atoms with Crippen molar-refractivity contribution in [2.24, 2.45) is 0 Å². The van der Waals surface area contributed by atoms with Crippen LogP contribution in [0.3, 0.4) is 0 Å². The van der Waals surface area contributed by atoms with E-state index in [0.717, 1.165) is 10.0 Å². The Hall–Kier alpha value is -0.350. The predicted molar refractivity (Wildman–Crippen MR) is 69.6 cm³/mol. The maximum atomic E-state index is 11.7. The molecule has 0 radical (unpaired) electrons. The van der Waals surface area contributed by atoms with Crippen molar-refractivity contribution in [2.75, 3.05) is 6.54 Å². The van der Waals surface area contributed by atoms with Gasteiger partial charge in [-0.15, -0.1) is 0 Å². The summed E-state index contributed by atoms with van der Waals surface area (Å²) in [6.07, 6.45) is 0. The topological polar surface area (TPSA) is 29.1 Å². The van der Waals surface area contributed by atoms with Crippen LogP contribution in [0.4, 0.5) is 0 Å². The van der Waals surface area contributed by atoms with Gasteiger partial charge in [-0.1, -0.05) is 44.8 Å². The molecule has 1 amide bonds. The number of halogens is 2. The van der Waals surface area contributed by atoms with Crippen LogP contribution in [0.15, 0.2) is 22.7 Å². The highest BCUT2D eigenvalue weighted by Gasteiger charge is 2.07. The molecule has 0 aliphatic heterocycles. The lowest BCUT2D eigenvalue weighted by atomic mass is 10.1. The zero-order valence-corrected chi connectivity index (χ0v) is 11.9. The summed E-state index contributed by atoms with van der Waals surface area (Å²) in [7, 11) is 0. The van der Waals surface area contributed by atoms with E-state index in [1.807, 2.05) is 32.0 Å². The van der Waals surface area contributed by atoms with Crippen LogP contribution in [-0.4, -0.2) is 17.3 Å². The Morgan fingerprint density at radius 3 is 2.73 bits per heavy atom. The van der Waals surface area contributed by atoms with Gasteiger partial charge in [-0.25, -0.2) is 0 Å². The molecule has 0 aliphatic carbocycles. The van der Waals surface area contributed by atoms with Crippen LogP contribution >= 0.6 is 31.9 Å². The third-order valence-electron chi connectivity index (χ3n) is 1.98. The molecular formula is C11H13Br2NO. The van der Waals surface area contributed by atoms with Gasteiger partial charge in [-0.2, -0.15) is 0 Å². The molecule has 0 aromatic heterocycles. The number of carbonyl (C=O) groups is 1. The van der Waals surface area contributed by atoms with Crippen molar-refractivity contribution in [1.82, 2.24) is 5.32 Å². The van der Waals surface area contributed by atoms with E-state index < -0.39 is 0 Å². The minimum atomic E-state index is -0.0398. The van der Waals surface area contributed by atoms with Crippen molar-refractivity contribution in [3.63, 3.8) is 0 Å². The lowest BCUT2D eigenvalue weighted by Gasteiger charge is -2.07. The first-order chi connectivity index (χ1) is 7.00. The number of aryl methyl sites for hydroxylation is 1. The number of carbonyl (C=O) groups excluding carboxylic acids is 1. The van der Waals surface area contributed by atoms with E-state index in [1.165, 1.54) is 0 Å². The predicted octanol–water partition coefficient (Wildman–Crippen LogP) is 3.27. The molecule has 1 unspecified atom stereocenters. The molecule has 82 valence electrons. The quantitative estimate of drug-likeness (QED) is 0.844. The average molecular weight is 335 g/mol. The molecule has 0 saturated carbocycles. The van der Waals surface area contributed by atoms with Crippen molar-refractivity contribution in [2.45, 2.75) is 18.7 Å². The lowest BCUT2D eigenvalue weighted by Crippen LogP contribution is -2.28. The molecule has 0 heterocycles. The molecule has 2 nitrogen and oxygen atoms in total. The Bertz CT molecular complexity index is 364. The van der Waals surface area contributed by atoms with Gasteiger partial charge in [0, 0.05) is 21.4 Å². The number of amides is 1. The SMILES string of the molecule is Cc1ccc(C(=O)NCC(C)Br)cc1Br. The number of nitrogens with one attached hydrogen (secondary N) is 1. The molecule has 1 aromatic rings. The molecule has 1 atom stereocenters. The standard InChI is InChI=1S/C11H13Br2NO/c1-7-3-4-9(5-10(7)13)11(15)14-6-8(2)12/h3-5,8H,6H2,1-2H3,(H,14,15). The van der Waals surface area contributed by atoms with E-state index >= 15 is 0 Å². The van der Waals surface area contributed by atoms with E-state index in [4.69, 9.17) is 0 Å². The van der Waals surface area contributed by atoms with Gasteiger partial charge in [-0.05, 0) is 24.6 Å². The Morgan fingerprint density at radius 2 is 2.20 bits per heavy atom. The average Bonchev–Trinajstić information content (AvgIpc) is 2.18. The van der Waals surface area contributed by atoms with Crippen molar-refractivity contribution in [1.29, 1.82) is 0 Å². The summed E-state index contributed by atoms with van der Waals surface area (Å²) in [4.78, 5) is 11.9. The van der Waals surface area contributed by atoms with Crippen LogP contribution in [-0.2, 0) is 0 Å². The fourth-order valence-corrected chi connectivity index (χ4v) is 1.61. The maximum absolute atomic E-state index is 11.7. The second-order valence-corrected chi connectivity index (χ2v) is 5.87. The van der Waals surface area contributed by atoms with Crippen molar-refractivity contribution < 1.29 is 4.79 Å². The van der Waals surface area contributed by atoms with Crippen LogP contribution in [0.2, 0.25) is 0 Å². The Morgan fingerprint density at radius 1 is 1.53 bits per heavy atom. The fourth-order valence-electron chi connectivity index (χ4n) is 1.07. The van der Waals surface area contributed by atoms with Crippen molar-refractivity contribution in [3.05, 3.63) is 33.8 Å². The normalized spacial score (nSPS) is 12.3. The largest absolute Gasteiger partial charge is 0.351 e. The number of rotatable bonds is 3. The van der Waals surface area contributed by atoms with Crippen molar-refractivity contribution >= 4 is 37.8 Å². The third-order valence-corrected chi connectivity index (χ3v) is 3.16. The molecule has 0 aliphatic rings. The summed E-state index contributed by atoms with van der Waals surface area (Å²) in [5, 5.41) is 2.84. The van der Waals surface area contributed by atoms with Gasteiger partial charge in [-0.3, -0.25) is 4.79 Å². The summed E-state index contributed by atoms with van der Waals surface area (Å²) in [5.41, 5.74) is 1.81. The smallest absolute Gasteiger partial charge is 0.251 e. The molecular weight excluding hydrogens is 322 g/mol. The third kappa shape index (κ3) is 3.95. The molecule has 1 rings (SSSR count). The molecule has 0 spiro atoms. The van der Waals surface area contributed by atoms with Crippen LogP contribution in [0.5, 0.6) is 0 Å². The first kappa shape index (κ1) is 12.7. The monoisotopic (exact) mass is 333 g/mol. The first-order valence-corrected chi connectivity index (χ1v) is 6.40. The van der Waals surface area contributed by atoms with Crippen LogP contribution in [0.1, 0.15) is 22.8 Å². The minimum absolute atomic E-state index is 0.0398. The summed E-state index contributed by atoms with van der Waals surface area (Å²) in [6.45, 7) is 4.61. The highest BCUT2D eigenvalue weighted by molar-refractivity contribution is 9.10. The van der Waals surface area contributed by atoms with Crippen LogP contribution in [0, 0.1) is 6.92 Å². The number of hydrogen-bond acceptors (Lipinski definition) is 1. The van der Waals surface area contributed by atoms with E-state index in [1.54, 1.807) is 0 Å². The summed E-state index contributed by atoms with van der Waals surface area (Å²) in [6, 6.07) is 5.59. The Labute approximate surface area is 107 Å². The minimum Gasteiger partial charge on any atom is -0.351 e. The van der Waals surface area contributed by atoms with Gasteiger partial charge >= 0.3 is 0 Å². The maximum Gasteiger partial charge on any atom is 0.251 e. The molecule has 0 bridgehead atoms. The second kappa shape index (κ2) is 5.66. The second-order valence-electron chi connectivity index (χ2n) is 3.45. The van der Waals surface area contributed by atoms with Gasteiger partial charge in [0.1, 0.15) is 0 Å². The summed E-state index contributed by atoms with van der Waals surface area (Å²) >= 11 is 6.78. The number of alkyl halides is 1. The molecule has 1 aromatic carbocycles. The molecule has 0 fully saturated rings. The first-order valence-electron chi connectivity index (χ1n) is 4.69. The zero-order valence-electron chi connectivity index (χ0n) is 8.68. The highest BCUT2D eigenvalue weighted by Crippen LogP contribution is 2.17. The van der Waals surface area contributed by atoms with Gasteiger partial charge < -0.3 is 5.32 Å². The number of benzene rings is 1. The van der Waals surface area contributed by atoms with E-state index in [9.17, 15) is 4.79 Å². The van der Waals surface area contributed by atoms with E-state index in [0.29, 0.717) is 12.1 Å². The van der Waals surface area contributed by atoms with E-state index in [-0.39, 0.29) is 10.7 Å². The zero-order chi connectivity index (χ0) is 11.4. The van der Waals surface area contributed by atoms with Crippen LogP contribution < -0.4 is 5.32 Å². The Balaban J connectivity index is 2.70. The van der Waals surface area contributed by atoms with Gasteiger partial charge in [0.05, 0.1) is 0 Å². The molecule has 1 N–H and O–H groups in total. The number of hydrogen-bond donors (Lipinski definition) is 1. The fraction of sp³-hybridized carbons (Fsp3) is 0.364. The molecule has 0 saturated heterocycles. The van der Waals surface area contributed by atoms with Gasteiger partial charge in [0.2, 0.25) is 0 Å². The Kier molecular flexibility index (Phi) is 4.80.